The quantitative estimate of drug-likeness (QED) is 0.0260. The Bertz CT molecular complexity index is 3510. The van der Waals surface area contributed by atoms with Crippen LogP contribution in [0.2, 0.25) is 15.1 Å². The highest BCUT2D eigenvalue weighted by molar-refractivity contribution is 7.85. The lowest BCUT2D eigenvalue weighted by Crippen LogP contribution is -2.32. The van der Waals surface area contributed by atoms with E-state index in [-0.39, 0.29) is 82.1 Å². The van der Waals surface area contributed by atoms with Crippen LogP contribution in [0.25, 0.3) is 39.4 Å². The van der Waals surface area contributed by atoms with E-state index in [1.165, 1.54) is 48.8 Å². The number of hydrogen-bond acceptors (Lipinski definition) is 15. The summed E-state index contributed by atoms with van der Waals surface area (Å²) in [5.74, 6) is -0.640. The molecule has 0 aliphatic heterocycles. The van der Waals surface area contributed by atoms with Crippen molar-refractivity contribution in [3.05, 3.63) is 177 Å². The van der Waals surface area contributed by atoms with Crippen LogP contribution in [-0.2, 0) is 47.4 Å². The lowest BCUT2D eigenvalue weighted by Gasteiger charge is -2.25. The Labute approximate surface area is 459 Å². The number of carbonyl (C=O) groups excluding carboxylic acids is 1. The summed E-state index contributed by atoms with van der Waals surface area (Å²) < 4.78 is 84.1. The van der Waals surface area contributed by atoms with Gasteiger partial charge in [-0.25, -0.2) is 24.1 Å². The van der Waals surface area contributed by atoms with Gasteiger partial charge in [-0.3, -0.25) is 4.18 Å². The molecule has 5 aromatic carbocycles. The maximum Gasteiger partial charge on any atom is 0.347 e. The first-order valence-electron chi connectivity index (χ1n) is 23.9. The van der Waals surface area contributed by atoms with Crippen molar-refractivity contribution in [2.45, 2.75) is 51.8 Å². The maximum absolute atomic E-state index is 14.6. The molecule has 0 radical (unpaired) electrons. The number of phenolic OH excluding ortho intramolecular Hbond substituents is 1. The van der Waals surface area contributed by atoms with Crippen molar-refractivity contribution in [1.82, 2.24) is 24.5 Å². The number of hydrogen-bond donors (Lipinski definition) is 1. The van der Waals surface area contributed by atoms with Gasteiger partial charge in [-0.1, -0.05) is 83.3 Å². The third-order valence-corrected chi connectivity index (χ3v) is 14.3. The van der Waals surface area contributed by atoms with Crippen molar-refractivity contribution in [3.63, 3.8) is 0 Å². The molecule has 0 saturated heterocycles. The summed E-state index contributed by atoms with van der Waals surface area (Å²) in [6.07, 6.45) is 1.65. The van der Waals surface area contributed by atoms with E-state index < -0.39 is 40.7 Å². The van der Waals surface area contributed by atoms with Gasteiger partial charge in [-0.2, -0.15) is 13.4 Å². The van der Waals surface area contributed by atoms with Crippen LogP contribution in [0.3, 0.4) is 0 Å². The van der Waals surface area contributed by atoms with Crippen LogP contribution in [0, 0.1) is 19.7 Å². The van der Waals surface area contributed by atoms with Crippen molar-refractivity contribution in [1.29, 1.82) is 0 Å². The van der Waals surface area contributed by atoms with Crippen LogP contribution in [0.15, 0.2) is 128 Å². The number of fused-ring (bicyclic) bond motifs is 1. The van der Waals surface area contributed by atoms with E-state index in [0.29, 0.717) is 67.8 Å². The first-order valence-corrected chi connectivity index (χ1v) is 26.6. The zero-order chi connectivity index (χ0) is 54.8. The van der Waals surface area contributed by atoms with E-state index in [0.717, 1.165) is 0 Å². The number of benzene rings is 5. The highest BCUT2D eigenvalue weighted by Gasteiger charge is 2.33. The molecule has 0 bridgehead atoms. The number of methoxy groups -OCH3 is 1. The molecule has 0 saturated carbocycles. The van der Waals surface area contributed by atoms with E-state index in [1.54, 1.807) is 87.2 Å². The first kappa shape index (κ1) is 55.9. The number of aromatic hydroxyl groups is 1. The number of phenols is 1. The van der Waals surface area contributed by atoms with E-state index in [4.69, 9.17) is 72.4 Å². The number of ether oxygens (including phenoxy) is 6. The minimum atomic E-state index is -4.09. The smallest absolute Gasteiger partial charge is 0.347 e. The fraction of sp³-hybridized carbons (Fsp3) is 0.232. The zero-order valence-electron chi connectivity index (χ0n) is 42.0. The van der Waals surface area contributed by atoms with Gasteiger partial charge in [0, 0.05) is 23.7 Å². The molecule has 8 aromatic rings. The van der Waals surface area contributed by atoms with Gasteiger partial charge in [-0.15, -0.1) is 6.58 Å². The van der Waals surface area contributed by atoms with Crippen LogP contribution in [0.1, 0.15) is 34.9 Å². The van der Waals surface area contributed by atoms with Crippen molar-refractivity contribution < 1.29 is 55.3 Å². The van der Waals surface area contributed by atoms with Gasteiger partial charge in [-0.05, 0) is 98.1 Å². The van der Waals surface area contributed by atoms with E-state index >= 15 is 0 Å². The molecule has 400 valence electrons. The molecule has 3 aromatic heterocycles. The van der Waals surface area contributed by atoms with Gasteiger partial charge in [0.25, 0.3) is 10.1 Å². The van der Waals surface area contributed by atoms with Gasteiger partial charge in [0.1, 0.15) is 65.5 Å². The predicted octanol–water partition coefficient (Wildman–Crippen LogP) is 11.6. The lowest BCUT2D eigenvalue weighted by atomic mass is 10.1. The van der Waals surface area contributed by atoms with Gasteiger partial charge in [0.2, 0.25) is 12.0 Å². The second kappa shape index (κ2) is 25.2. The Morgan fingerprint density at radius 1 is 0.870 bits per heavy atom. The molecule has 0 aliphatic carbocycles. The average molecular weight is 1130 g/mol. The fourth-order valence-corrected chi connectivity index (χ4v) is 10.2. The summed E-state index contributed by atoms with van der Waals surface area (Å²) >= 11 is 21.8. The van der Waals surface area contributed by atoms with Crippen molar-refractivity contribution >= 4 is 61.9 Å². The molecule has 1 N–H and O–H groups in total. The normalized spacial score (nSPS) is 12.3. The summed E-state index contributed by atoms with van der Waals surface area (Å²) in [4.78, 5) is 32.3. The molecule has 77 heavy (non-hydrogen) atoms. The second-order valence-electron chi connectivity index (χ2n) is 17.2. The number of aromatic nitrogens is 5. The molecule has 21 heteroatoms. The maximum atomic E-state index is 14.6. The molecule has 0 unspecified atom stereocenters. The minimum Gasteiger partial charge on any atom is -0.508 e. The topological polar surface area (TPSA) is 193 Å². The fourth-order valence-electron chi connectivity index (χ4n) is 8.35. The molecular weight excluding hydrogens is 1080 g/mol. The SMILES string of the molecule is C=CCOC[C@H](COS(=O)(=O)Cc1ccccc1)Oc1c(Cl)c(C)c(-n2c(-c3ccc(F)cc3)c(Cl)c3ncnc(O[C@H](Cc4cc(O)ccc4OCc4ccnc(-c5ccccc5OC)n4)C(=O)OCC)c32)c(C)c1Cl. The van der Waals surface area contributed by atoms with Crippen molar-refractivity contribution in [3.8, 4) is 57.2 Å². The summed E-state index contributed by atoms with van der Waals surface area (Å²) in [5, 5.41) is 10.9. The Kier molecular flexibility index (Phi) is 18.3. The Hall–Kier alpha value is -7.32. The number of rotatable bonds is 24. The highest BCUT2D eigenvalue weighted by atomic mass is 35.5. The van der Waals surface area contributed by atoms with E-state index in [1.807, 2.05) is 18.2 Å². The third-order valence-electron chi connectivity index (χ3n) is 11.9. The van der Waals surface area contributed by atoms with E-state index in [9.17, 15) is 22.7 Å². The van der Waals surface area contributed by atoms with Crippen LogP contribution >= 0.6 is 34.8 Å². The van der Waals surface area contributed by atoms with Gasteiger partial charge in [0.15, 0.2) is 11.6 Å². The summed E-state index contributed by atoms with van der Waals surface area (Å²) in [6.45, 7) is 8.19. The summed E-state index contributed by atoms with van der Waals surface area (Å²) in [6, 6.07) is 27.6. The predicted molar refractivity (Wildman–Crippen MR) is 290 cm³/mol. The standard InChI is InChI=1S/C56H51Cl3FN5O11S/c1-6-25-71-29-41(30-74-77(68,69)31-35-13-9-8-10-14-35)75-53-46(57)33(3)50(34(4)47(53)58)65-51(36-17-19-38(60)20-18-36)48(59)49-52(65)55(63-32-62-49)76-45(56(67)72-7-2)27-37-26-40(66)21-22-43(37)73-28-39-23-24-61-54(64-39)42-15-11-12-16-44(42)70-5/h6,8-24,26,32,41,45,66H,1,7,25,27-31H2,2-5H3/t41-,45-/m1/s1. The van der Waals surface area contributed by atoms with Gasteiger partial charge < -0.3 is 38.1 Å². The van der Waals surface area contributed by atoms with Gasteiger partial charge >= 0.3 is 5.97 Å². The van der Waals surface area contributed by atoms with Crippen LogP contribution in [0.5, 0.6) is 28.9 Å². The van der Waals surface area contributed by atoms with Crippen molar-refractivity contribution in [2.24, 2.45) is 0 Å². The second-order valence-corrected chi connectivity index (χ2v) is 20.0. The number of carbonyl (C=O) groups is 1. The summed E-state index contributed by atoms with van der Waals surface area (Å²) in [7, 11) is -2.53. The van der Waals surface area contributed by atoms with Gasteiger partial charge in [0.05, 0.1) is 64.6 Å². The van der Waals surface area contributed by atoms with Crippen LogP contribution in [-0.4, -0.2) is 89.7 Å². The molecular formula is C56H51Cl3FN5O11S. The molecule has 0 spiro atoms. The average Bonchev–Trinajstić information content (AvgIpc) is 3.78. The molecule has 0 aliphatic rings. The van der Waals surface area contributed by atoms with E-state index in [2.05, 4.69) is 21.5 Å². The molecule has 8 rings (SSSR count). The molecule has 0 amide bonds. The van der Waals surface area contributed by atoms with Crippen molar-refractivity contribution in [2.75, 3.05) is 33.5 Å². The Morgan fingerprint density at radius 2 is 1.60 bits per heavy atom. The lowest BCUT2D eigenvalue weighted by molar-refractivity contribution is -0.151. The summed E-state index contributed by atoms with van der Waals surface area (Å²) in [5.41, 5.74) is 4.23. The molecule has 3 heterocycles. The van der Waals surface area contributed by atoms with Crippen LogP contribution in [0.4, 0.5) is 4.39 Å². The third kappa shape index (κ3) is 13.1. The number of halogens is 4. The first-order chi connectivity index (χ1) is 37.1. The Morgan fingerprint density at radius 3 is 2.31 bits per heavy atom. The monoisotopic (exact) mass is 1130 g/mol. The zero-order valence-corrected chi connectivity index (χ0v) is 45.1. The molecule has 16 nitrogen and oxygen atoms in total. The number of nitrogens with zero attached hydrogens (tertiary/aromatic N) is 5. The van der Waals surface area contributed by atoms with Crippen LogP contribution < -0.4 is 18.9 Å². The number of para-hydroxylation sites is 1. The molecule has 0 fully saturated rings. The largest absolute Gasteiger partial charge is 0.508 e. The minimum absolute atomic E-state index is 0.00921. The Balaban J connectivity index is 1.18. The number of esters is 1. The molecule has 2 atom stereocenters. The highest BCUT2D eigenvalue weighted by Crippen LogP contribution is 2.48.